The molecule has 40 heavy (non-hydrogen) atoms. The van der Waals surface area contributed by atoms with E-state index in [2.05, 4.69) is 24.9 Å². The molecule has 2 aliphatic rings. The van der Waals surface area contributed by atoms with E-state index in [0.717, 1.165) is 41.4 Å². The van der Waals surface area contributed by atoms with Gasteiger partial charge in [-0.1, -0.05) is 0 Å². The van der Waals surface area contributed by atoms with Crippen LogP contribution in [-0.4, -0.2) is 49.7 Å². The Kier molecular flexibility index (Phi) is 6.27. The Labute approximate surface area is 224 Å². The first-order valence-corrected chi connectivity index (χ1v) is 12.4. The van der Waals surface area contributed by atoms with Crippen LogP contribution in [-0.2, 0) is 19.8 Å². The van der Waals surface area contributed by atoms with Gasteiger partial charge in [0.05, 0.1) is 32.1 Å². The maximum absolute atomic E-state index is 15.3. The Bertz CT molecular complexity index is 1580. The van der Waals surface area contributed by atoms with E-state index in [1.807, 2.05) is 0 Å². The lowest BCUT2D eigenvalue weighted by atomic mass is 10.1. The van der Waals surface area contributed by atoms with Crippen molar-refractivity contribution < 1.29 is 31.4 Å². The number of rotatable bonds is 6. The number of fused-ring (bicyclic) bond motifs is 1. The quantitative estimate of drug-likeness (QED) is 0.308. The second kappa shape index (κ2) is 9.68. The maximum atomic E-state index is 15.3. The summed E-state index contributed by atoms with van der Waals surface area (Å²) < 4.78 is 82.0. The molecule has 1 fully saturated rings. The second-order valence-corrected chi connectivity index (χ2v) is 9.55. The molecular formula is C26H22F5N7O2. The van der Waals surface area contributed by atoms with Crippen molar-refractivity contribution in [3.63, 3.8) is 0 Å². The van der Waals surface area contributed by atoms with E-state index in [1.165, 1.54) is 26.7 Å². The molecule has 0 amide bonds. The number of benzene rings is 1. The Balaban J connectivity index is 1.34. The van der Waals surface area contributed by atoms with Crippen LogP contribution in [0.5, 0.6) is 11.6 Å². The van der Waals surface area contributed by atoms with Crippen molar-refractivity contribution in [3.8, 4) is 34.4 Å². The lowest BCUT2D eigenvalue weighted by Gasteiger charge is -2.30. The zero-order valence-corrected chi connectivity index (χ0v) is 21.3. The largest absolute Gasteiger partial charge is 0.486 e. The Hall–Kier alpha value is -4.36. The Morgan fingerprint density at radius 1 is 1.07 bits per heavy atom. The summed E-state index contributed by atoms with van der Waals surface area (Å²) in [6.07, 6.45) is 0.931. The van der Waals surface area contributed by atoms with Crippen molar-refractivity contribution in [2.45, 2.75) is 31.5 Å². The molecule has 0 radical (unpaired) electrons. The first kappa shape index (κ1) is 25.9. The lowest BCUT2D eigenvalue weighted by Crippen LogP contribution is -2.34. The fourth-order valence-corrected chi connectivity index (χ4v) is 4.69. The van der Waals surface area contributed by atoms with Gasteiger partial charge in [-0.15, -0.1) is 0 Å². The minimum atomic E-state index is -4.69. The van der Waals surface area contributed by atoms with Crippen molar-refractivity contribution in [2.75, 3.05) is 25.2 Å². The third-order valence-corrected chi connectivity index (χ3v) is 6.79. The first-order chi connectivity index (χ1) is 19.1. The van der Waals surface area contributed by atoms with Crippen LogP contribution in [0.4, 0.5) is 27.8 Å². The van der Waals surface area contributed by atoms with Gasteiger partial charge in [-0.05, 0) is 25.0 Å². The number of aromatic nitrogens is 6. The minimum Gasteiger partial charge on any atom is -0.486 e. The van der Waals surface area contributed by atoms with Gasteiger partial charge >= 0.3 is 6.18 Å². The molecule has 9 nitrogen and oxygen atoms in total. The highest BCUT2D eigenvalue weighted by Crippen LogP contribution is 2.45. The third kappa shape index (κ3) is 4.67. The standard InChI is InChI=1S/C26H22F5N7O2/c1-37-11-19(26(29,30)31)35-23(37)14-7-16(27)15(17(28)8-14)10-38-5-6-40-18-9-32-22(36-24(18)38)20-21(13-3-4-13)33-12-34-25(20)39-2/h7-9,11-13H,3-6,10H2,1-2H3. The van der Waals surface area contributed by atoms with E-state index in [-0.39, 0.29) is 42.6 Å². The minimum absolute atomic E-state index is 0.118. The lowest BCUT2D eigenvalue weighted by molar-refractivity contribution is -0.140. The molecule has 0 N–H and O–H groups in total. The van der Waals surface area contributed by atoms with Gasteiger partial charge in [-0.25, -0.2) is 33.7 Å². The molecule has 4 aromatic rings. The highest BCUT2D eigenvalue weighted by atomic mass is 19.4. The maximum Gasteiger partial charge on any atom is 0.434 e. The van der Waals surface area contributed by atoms with Crippen molar-refractivity contribution >= 4 is 5.82 Å². The molecule has 0 spiro atoms. The normalized spacial score (nSPS) is 15.1. The monoisotopic (exact) mass is 559 g/mol. The molecule has 1 aliphatic heterocycles. The van der Waals surface area contributed by atoms with E-state index >= 15 is 8.78 Å². The first-order valence-electron chi connectivity index (χ1n) is 12.4. The summed E-state index contributed by atoms with van der Waals surface area (Å²) in [5.74, 6) is -0.556. The van der Waals surface area contributed by atoms with Crippen molar-refractivity contribution in [2.24, 2.45) is 7.05 Å². The van der Waals surface area contributed by atoms with Crippen molar-refractivity contribution in [3.05, 3.63) is 59.4 Å². The molecule has 0 atom stereocenters. The van der Waals surface area contributed by atoms with Gasteiger partial charge in [0.15, 0.2) is 23.1 Å². The molecule has 0 unspecified atom stereocenters. The summed E-state index contributed by atoms with van der Waals surface area (Å²) in [7, 11) is 2.81. The van der Waals surface area contributed by atoms with Crippen molar-refractivity contribution in [1.82, 2.24) is 29.5 Å². The van der Waals surface area contributed by atoms with Crippen LogP contribution < -0.4 is 14.4 Å². The number of hydrogen-bond donors (Lipinski definition) is 0. The predicted octanol–water partition coefficient (Wildman–Crippen LogP) is 4.92. The van der Waals surface area contributed by atoms with Crippen LogP contribution in [0.1, 0.15) is 35.7 Å². The zero-order chi connectivity index (χ0) is 28.2. The van der Waals surface area contributed by atoms with Gasteiger partial charge < -0.3 is 18.9 Å². The number of methoxy groups -OCH3 is 1. The number of nitrogens with zero attached hydrogens (tertiary/aromatic N) is 7. The summed E-state index contributed by atoms with van der Waals surface area (Å²) in [6, 6.07) is 1.95. The van der Waals surface area contributed by atoms with Crippen molar-refractivity contribution in [1.29, 1.82) is 0 Å². The number of ether oxygens (including phenoxy) is 2. The van der Waals surface area contributed by atoms with Gasteiger partial charge in [0.2, 0.25) is 5.88 Å². The summed E-state index contributed by atoms with van der Waals surface area (Å²) in [6.45, 7) is 0.295. The Morgan fingerprint density at radius 3 is 2.48 bits per heavy atom. The average molecular weight is 559 g/mol. The molecule has 208 valence electrons. The number of anilines is 1. The van der Waals surface area contributed by atoms with E-state index < -0.39 is 23.5 Å². The average Bonchev–Trinajstić information content (AvgIpc) is 3.69. The number of hydrogen-bond acceptors (Lipinski definition) is 8. The Morgan fingerprint density at radius 2 is 1.82 bits per heavy atom. The van der Waals surface area contributed by atoms with Crippen LogP contribution >= 0.6 is 0 Å². The van der Waals surface area contributed by atoms with Crippen LogP contribution in [0.2, 0.25) is 0 Å². The molecular weight excluding hydrogens is 537 g/mol. The molecule has 14 heteroatoms. The molecule has 4 heterocycles. The van der Waals surface area contributed by atoms with Gasteiger partial charge in [0, 0.05) is 30.3 Å². The predicted molar refractivity (Wildman–Crippen MR) is 132 cm³/mol. The van der Waals surface area contributed by atoms with Crippen LogP contribution in [0.25, 0.3) is 22.8 Å². The van der Waals surface area contributed by atoms with Crippen LogP contribution in [0, 0.1) is 11.6 Å². The summed E-state index contributed by atoms with van der Waals surface area (Å²) in [5, 5.41) is 0. The fraction of sp³-hybridized carbons (Fsp3) is 0.346. The highest BCUT2D eigenvalue weighted by Gasteiger charge is 2.35. The fourth-order valence-electron chi connectivity index (χ4n) is 4.69. The molecule has 6 rings (SSSR count). The van der Waals surface area contributed by atoms with Crippen LogP contribution in [0.15, 0.2) is 30.9 Å². The molecule has 0 saturated heterocycles. The summed E-state index contributed by atoms with van der Waals surface area (Å²) in [5.41, 5.74) is -0.226. The van der Waals surface area contributed by atoms with E-state index in [1.54, 1.807) is 4.90 Å². The second-order valence-electron chi connectivity index (χ2n) is 9.55. The van der Waals surface area contributed by atoms with E-state index in [4.69, 9.17) is 9.47 Å². The number of aryl methyl sites for hydroxylation is 1. The topological polar surface area (TPSA) is 91.1 Å². The molecule has 3 aromatic heterocycles. The zero-order valence-electron chi connectivity index (χ0n) is 21.3. The molecule has 1 saturated carbocycles. The molecule has 0 bridgehead atoms. The van der Waals surface area contributed by atoms with Crippen LogP contribution in [0.3, 0.4) is 0 Å². The number of alkyl halides is 3. The smallest absolute Gasteiger partial charge is 0.434 e. The molecule has 1 aliphatic carbocycles. The van der Waals surface area contributed by atoms with E-state index in [9.17, 15) is 13.2 Å². The van der Waals surface area contributed by atoms with Gasteiger partial charge in [-0.3, -0.25) is 0 Å². The summed E-state index contributed by atoms with van der Waals surface area (Å²) in [4.78, 5) is 22.9. The van der Waals surface area contributed by atoms with E-state index in [0.29, 0.717) is 28.8 Å². The number of imidazole rings is 1. The van der Waals surface area contributed by atoms with Gasteiger partial charge in [0.1, 0.15) is 36.0 Å². The molecule has 1 aromatic carbocycles. The van der Waals surface area contributed by atoms with Gasteiger partial charge in [0.25, 0.3) is 0 Å². The highest BCUT2D eigenvalue weighted by molar-refractivity contribution is 5.69. The third-order valence-electron chi connectivity index (χ3n) is 6.79. The summed E-state index contributed by atoms with van der Waals surface area (Å²) >= 11 is 0. The SMILES string of the molecule is COc1ncnc(C2CC2)c1-c1ncc2c(n1)N(Cc1c(F)cc(-c3nc(C(F)(F)F)cn3C)cc1F)CCO2. The van der Waals surface area contributed by atoms with Gasteiger partial charge in [-0.2, -0.15) is 13.2 Å². The number of halogens is 5.